The maximum atomic E-state index is 14.1. The average Bonchev–Trinajstić information content (AvgIpc) is 4.06. The lowest BCUT2D eigenvalue weighted by Crippen LogP contribution is -2.60. The van der Waals surface area contributed by atoms with E-state index in [-0.39, 0.29) is 56.3 Å². The molecule has 0 aromatic heterocycles. The molecular weight excluding hydrogens is 821 g/mol. The smallest absolute Gasteiger partial charge is 0.336 e. The zero-order chi connectivity index (χ0) is 44.9. The SMILES string of the molecule is CC1=C/[C@H](C)C[C@@]2(C)CC[C@@H](O2)C23CC[C@](C(=O)O)(C[C@@H](O2)[C@H]2O[C@](C)(CC2=O)[C@@H](O)[C@@H]2CCC4(CCC[C@H](O4)[C@@H](C)C(=O)O[C@@H]4C[C@@H]([C@@]5(O)OCC[C@@H](C)[C@H]5O)O[C@@H]4\C=C\1)O2)O3. The van der Waals surface area contributed by atoms with Gasteiger partial charge in [-0.1, -0.05) is 37.6 Å². The number of carbonyl (C=O) groups excluding carboxylic acids is 2. The van der Waals surface area contributed by atoms with Gasteiger partial charge in [0.25, 0.3) is 0 Å². The summed E-state index contributed by atoms with van der Waals surface area (Å²) in [5.41, 5.74) is -2.63. The zero-order valence-corrected chi connectivity index (χ0v) is 37.5. The second-order valence-electron chi connectivity index (χ2n) is 21.1. The molecule has 8 fully saturated rings. The molecule has 0 aromatic rings. The molecule has 4 N–H and O–H groups in total. The molecule has 352 valence electrons. The molecule has 9 rings (SSSR count). The van der Waals surface area contributed by atoms with Crippen molar-refractivity contribution in [1.29, 1.82) is 0 Å². The van der Waals surface area contributed by atoms with Crippen LogP contribution in [0, 0.1) is 17.8 Å². The standard InChI is InChI=1S/C47H68O16/c1-25-9-10-31-33(21-36(56-31)47(54)38(49)27(3)13-19-55-47)57-40(51)28(4)30-8-7-14-45(58-30)16-11-32(59-45)39(50)43(6)23-29(48)37(62-43)34-24-44(41(52)53)17-18-46(60-34,63-44)35-12-15-42(5,61-35)22-26(2)20-25/h9-10,20,26-28,30-39,49-50,54H,7-8,11-19,21-24H2,1-6H3,(H,52,53)/b10-9+,25-20-/t26-,27+,28+,30-,31+,32-,33+,34+,35+,36-,37-,38+,39-,42+,43+,44+,45?,46?,47+/m0/s1. The highest BCUT2D eigenvalue weighted by Gasteiger charge is 2.68. The molecule has 9 aliphatic heterocycles. The predicted octanol–water partition coefficient (Wildman–Crippen LogP) is 4.32. The van der Waals surface area contributed by atoms with Gasteiger partial charge in [-0.15, -0.1) is 0 Å². The molecule has 2 unspecified atom stereocenters. The lowest BCUT2D eigenvalue weighted by atomic mass is 9.87. The van der Waals surface area contributed by atoms with Crippen LogP contribution in [0.3, 0.4) is 0 Å². The fraction of sp³-hybridized carbons (Fsp3) is 0.851. The number of carbonyl (C=O) groups is 3. The van der Waals surface area contributed by atoms with E-state index in [2.05, 4.69) is 13.0 Å². The molecule has 16 nitrogen and oxygen atoms in total. The van der Waals surface area contributed by atoms with Crippen molar-refractivity contribution in [2.45, 2.75) is 227 Å². The summed E-state index contributed by atoms with van der Waals surface area (Å²) in [6.07, 6.45) is 2.32. The van der Waals surface area contributed by atoms with E-state index in [9.17, 15) is 34.8 Å². The van der Waals surface area contributed by atoms with Crippen LogP contribution in [0.5, 0.6) is 0 Å². The van der Waals surface area contributed by atoms with Gasteiger partial charge in [-0.05, 0) is 90.9 Å². The van der Waals surface area contributed by atoms with Crippen molar-refractivity contribution in [3.63, 3.8) is 0 Å². The Morgan fingerprint density at radius 2 is 1.59 bits per heavy atom. The number of hydrogen-bond donors (Lipinski definition) is 4. The summed E-state index contributed by atoms with van der Waals surface area (Å²) in [4.78, 5) is 40.9. The quantitative estimate of drug-likeness (QED) is 0.284. The number of fused-ring (bicyclic) bond motifs is 10. The highest BCUT2D eigenvalue weighted by atomic mass is 16.8. The Morgan fingerprint density at radius 1 is 0.810 bits per heavy atom. The molecule has 8 saturated heterocycles. The van der Waals surface area contributed by atoms with Gasteiger partial charge in [-0.2, -0.15) is 0 Å². The highest BCUT2D eigenvalue weighted by Crippen LogP contribution is 2.55. The minimum atomic E-state index is -1.99. The van der Waals surface area contributed by atoms with Crippen molar-refractivity contribution < 1.29 is 77.4 Å². The number of Topliss-reactive ketones (excluding diaryl/α,β-unsaturated/α-hetero) is 1. The monoisotopic (exact) mass is 888 g/mol. The van der Waals surface area contributed by atoms with Crippen LogP contribution in [0.4, 0.5) is 0 Å². The van der Waals surface area contributed by atoms with Crippen LogP contribution >= 0.6 is 0 Å². The minimum absolute atomic E-state index is 0.0310. The Hall–Kier alpha value is -2.35. The molecule has 9 aliphatic rings. The van der Waals surface area contributed by atoms with Crippen LogP contribution in [0.2, 0.25) is 0 Å². The second-order valence-corrected chi connectivity index (χ2v) is 21.1. The Kier molecular flexibility index (Phi) is 12.0. The number of carboxylic acid groups (broad SMARTS) is 1. The van der Waals surface area contributed by atoms with Crippen molar-refractivity contribution in [3.8, 4) is 0 Å². The first-order valence-electron chi connectivity index (χ1n) is 23.5. The first-order valence-corrected chi connectivity index (χ1v) is 23.5. The minimum Gasteiger partial charge on any atom is -0.479 e. The highest BCUT2D eigenvalue weighted by molar-refractivity contribution is 5.87. The molecule has 63 heavy (non-hydrogen) atoms. The van der Waals surface area contributed by atoms with Crippen LogP contribution < -0.4 is 0 Å². The number of aliphatic hydroxyl groups excluding tert-OH is 2. The number of ketones is 1. The second kappa shape index (κ2) is 16.5. The largest absolute Gasteiger partial charge is 0.479 e. The van der Waals surface area contributed by atoms with E-state index in [1.54, 1.807) is 13.8 Å². The van der Waals surface area contributed by atoms with Crippen molar-refractivity contribution >= 4 is 17.7 Å². The molecule has 9 heterocycles. The Labute approximate surface area is 369 Å². The molecule has 19 atom stereocenters. The van der Waals surface area contributed by atoms with Crippen molar-refractivity contribution in [1.82, 2.24) is 0 Å². The van der Waals surface area contributed by atoms with E-state index in [1.807, 2.05) is 32.9 Å². The normalized spacial score (nSPS) is 54.2. The third kappa shape index (κ3) is 8.18. The Balaban J connectivity index is 1.01. The Bertz CT molecular complexity index is 1860. The molecule has 2 spiro atoms. The maximum Gasteiger partial charge on any atom is 0.336 e. The van der Waals surface area contributed by atoms with Crippen LogP contribution in [0.15, 0.2) is 23.8 Å². The molecule has 0 saturated carbocycles. The van der Waals surface area contributed by atoms with Gasteiger partial charge in [0, 0.05) is 38.5 Å². The average molecular weight is 889 g/mol. The van der Waals surface area contributed by atoms with Crippen molar-refractivity contribution in [3.05, 3.63) is 23.8 Å². The van der Waals surface area contributed by atoms with Gasteiger partial charge in [-0.25, -0.2) is 4.79 Å². The summed E-state index contributed by atoms with van der Waals surface area (Å²) in [5.74, 6) is -7.29. The van der Waals surface area contributed by atoms with Gasteiger partial charge in [-0.3, -0.25) is 9.59 Å². The maximum absolute atomic E-state index is 14.1. The van der Waals surface area contributed by atoms with Crippen LogP contribution in [0.25, 0.3) is 0 Å². The first kappa shape index (κ1) is 45.8. The van der Waals surface area contributed by atoms with Gasteiger partial charge >= 0.3 is 11.9 Å². The molecule has 0 aliphatic carbocycles. The Morgan fingerprint density at radius 3 is 2.37 bits per heavy atom. The van der Waals surface area contributed by atoms with Crippen LogP contribution in [0.1, 0.15) is 131 Å². The van der Waals surface area contributed by atoms with E-state index in [0.717, 1.165) is 5.57 Å². The van der Waals surface area contributed by atoms with Crippen LogP contribution in [-0.4, -0.2) is 140 Å². The van der Waals surface area contributed by atoms with Gasteiger partial charge in [0.15, 0.2) is 23.0 Å². The van der Waals surface area contributed by atoms with E-state index in [1.165, 1.54) is 0 Å². The molecule has 0 amide bonds. The van der Waals surface area contributed by atoms with Crippen molar-refractivity contribution in [2.24, 2.45) is 17.8 Å². The first-order chi connectivity index (χ1) is 29.7. The number of esters is 1. The van der Waals surface area contributed by atoms with Gasteiger partial charge in [0.1, 0.15) is 48.3 Å². The number of aliphatic carboxylic acids is 1. The predicted molar refractivity (Wildman–Crippen MR) is 220 cm³/mol. The summed E-state index contributed by atoms with van der Waals surface area (Å²) < 4.78 is 58.2. The summed E-state index contributed by atoms with van der Waals surface area (Å²) >= 11 is 0. The molecule has 0 radical (unpaired) electrons. The number of carboxylic acids is 1. The number of hydrogen-bond acceptors (Lipinski definition) is 15. The van der Waals surface area contributed by atoms with Crippen molar-refractivity contribution in [2.75, 3.05) is 6.61 Å². The van der Waals surface area contributed by atoms with Gasteiger partial charge < -0.3 is 63.1 Å². The summed E-state index contributed by atoms with van der Waals surface area (Å²) in [7, 11) is 0. The topological polar surface area (TPSA) is 215 Å². The van der Waals surface area contributed by atoms with Gasteiger partial charge in [0.05, 0.1) is 36.4 Å². The fourth-order valence-electron chi connectivity index (χ4n) is 12.5. The number of rotatable bonds is 2. The molecule has 10 bridgehead atoms. The summed E-state index contributed by atoms with van der Waals surface area (Å²) in [6.45, 7) is 11.6. The van der Waals surface area contributed by atoms with E-state index in [0.29, 0.717) is 57.8 Å². The van der Waals surface area contributed by atoms with Gasteiger partial charge in [0.2, 0.25) is 5.79 Å². The zero-order valence-electron chi connectivity index (χ0n) is 37.5. The molecule has 0 aromatic carbocycles. The van der Waals surface area contributed by atoms with E-state index in [4.69, 9.17) is 42.6 Å². The molecular formula is C47H68O16. The number of allylic oxidation sites excluding steroid dienone is 3. The lowest BCUT2D eigenvalue weighted by molar-refractivity contribution is -0.358. The van der Waals surface area contributed by atoms with E-state index >= 15 is 0 Å². The lowest BCUT2D eigenvalue weighted by Gasteiger charge is -2.46. The summed E-state index contributed by atoms with van der Waals surface area (Å²) in [6, 6.07) is 0. The number of ether oxygens (including phenoxy) is 9. The fourth-order valence-corrected chi connectivity index (χ4v) is 12.5. The third-order valence-electron chi connectivity index (χ3n) is 16.0. The third-order valence-corrected chi connectivity index (χ3v) is 16.0. The van der Waals surface area contributed by atoms with E-state index < -0.39 is 113 Å². The number of aliphatic hydroxyl groups is 3. The summed E-state index contributed by atoms with van der Waals surface area (Å²) in [5, 5.41) is 45.4. The van der Waals surface area contributed by atoms with Crippen LogP contribution in [-0.2, 0) is 57.0 Å². The molecule has 16 heteroatoms.